The fourth-order valence-corrected chi connectivity index (χ4v) is 4.86. The molecule has 23 heavy (non-hydrogen) atoms. The van der Waals surface area contributed by atoms with Crippen LogP contribution in [0.5, 0.6) is 0 Å². The minimum absolute atomic E-state index is 0.180. The molecular formula is C19H22N2OS. The predicted molar refractivity (Wildman–Crippen MR) is 94.5 cm³/mol. The van der Waals surface area contributed by atoms with Crippen molar-refractivity contribution in [2.24, 2.45) is 17.8 Å². The number of aryl methyl sites for hydroxylation is 1. The molecule has 4 heteroatoms. The Labute approximate surface area is 141 Å². The Balaban J connectivity index is 1.44. The molecule has 2 saturated carbocycles. The van der Waals surface area contributed by atoms with E-state index in [1.54, 1.807) is 0 Å². The Morgan fingerprint density at radius 3 is 2.74 bits per heavy atom. The number of thiazole rings is 1. The van der Waals surface area contributed by atoms with Crippen LogP contribution in [0.4, 0.5) is 5.13 Å². The fourth-order valence-electron chi connectivity index (χ4n) is 4.14. The Morgan fingerprint density at radius 2 is 2.09 bits per heavy atom. The van der Waals surface area contributed by atoms with Crippen molar-refractivity contribution in [3.63, 3.8) is 0 Å². The van der Waals surface area contributed by atoms with Crippen molar-refractivity contribution in [1.82, 2.24) is 4.98 Å². The SMILES string of the molecule is CCc1ccc(-c2csc(NC(=O)[C@H]3C[C@H]4CC[C@H]3C4)n2)cc1. The number of carbonyl (C=O) groups is 1. The first-order valence-electron chi connectivity index (χ1n) is 8.58. The van der Waals surface area contributed by atoms with Crippen LogP contribution in [0.25, 0.3) is 11.3 Å². The second-order valence-electron chi connectivity index (χ2n) is 6.86. The van der Waals surface area contributed by atoms with E-state index >= 15 is 0 Å². The summed E-state index contributed by atoms with van der Waals surface area (Å²) in [5.41, 5.74) is 3.38. The standard InChI is InChI=1S/C19H22N2OS/c1-2-12-3-6-14(7-4-12)17-11-23-19(20-17)21-18(22)16-10-13-5-8-15(16)9-13/h3-4,6-7,11,13,15-16H,2,5,8-10H2,1H3,(H,20,21,22)/t13-,15-,16-/m0/s1. The summed E-state index contributed by atoms with van der Waals surface area (Å²) < 4.78 is 0. The minimum Gasteiger partial charge on any atom is -0.302 e. The van der Waals surface area contributed by atoms with Gasteiger partial charge < -0.3 is 5.32 Å². The van der Waals surface area contributed by atoms with E-state index in [-0.39, 0.29) is 11.8 Å². The number of anilines is 1. The van der Waals surface area contributed by atoms with Crippen LogP contribution in [-0.2, 0) is 11.2 Å². The van der Waals surface area contributed by atoms with E-state index in [4.69, 9.17) is 0 Å². The molecule has 1 N–H and O–H groups in total. The summed E-state index contributed by atoms with van der Waals surface area (Å²) in [5.74, 6) is 1.80. The summed E-state index contributed by atoms with van der Waals surface area (Å²) in [7, 11) is 0. The third kappa shape index (κ3) is 2.92. The van der Waals surface area contributed by atoms with Gasteiger partial charge in [0.1, 0.15) is 0 Å². The van der Waals surface area contributed by atoms with Crippen molar-refractivity contribution in [2.45, 2.75) is 39.0 Å². The average molecular weight is 326 g/mol. The molecule has 0 saturated heterocycles. The normalized spacial score (nSPS) is 25.7. The van der Waals surface area contributed by atoms with E-state index in [9.17, 15) is 4.79 Å². The van der Waals surface area contributed by atoms with Gasteiger partial charge in [0.05, 0.1) is 5.69 Å². The highest BCUT2D eigenvalue weighted by atomic mass is 32.1. The lowest BCUT2D eigenvalue weighted by Gasteiger charge is -2.19. The Kier molecular flexibility index (Phi) is 3.93. The van der Waals surface area contributed by atoms with Crippen LogP contribution in [0.2, 0.25) is 0 Å². The molecular weight excluding hydrogens is 304 g/mol. The third-order valence-electron chi connectivity index (χ3n) is 5.47. The van der Waals surface area contributed by atoms with E-state index in [1.807, 2.05) is 5.38 Å². The van der Waals surface area contributed by atoms with Crippen molar-refractivity contribution in [3.8, 4) is 11.3 Å². The first-order chi connectivity index (χ1) is 11.2. The van der Waals surface area contributed by atoms with Gasteiger partial charge in [0.15, 0.2) is 5.13 Å². The maximum atomic E-state index is 12.5. The minimum atomic E-state index is 0.180. The molecule has 2 fully saturated rings. The Morgan fingerprint density at radius 1 is 1.26 bits per heavy atom. The largest absolute Gasteiger partial charge is 0.302 e. The summed E-state index contributed by atoms with van der Waals surface area (Å²) in [6.07, 6.45) is 5.93. The van der Waals surface area contributed by atoms with E-state index < -0.39 is 0 Å². The molecule has 2 bridgehead atoms. The van der Waals surface area contributed by atoms with E-state index in [0.29, 0.717) is 5.92 Å². The van der Waals surface area contributed by atoms with Gasteiger partial charge in [-0.05, 0) is 43.1 Å². The molecule has 4 rings (SSSR count). The van der Waals surface area contributed by atoms with Crippen LogP contribution in [0.15, 0.2) is 29.6 Å². The molecule has 3 nitrogen and oxygen atoms in total. The molecule has 0 spiro atoms. The van der Waals surface area contributed by atoms with E-state index in [2.05, 4.69) is 41.5 Å². The van der Waals surface area contributed by atoms with Crippen molar-refractivity contribution in [3.05, 3.63) is 35.2 Å². The molecule has 1 aromatic heterocycles. The van der Waals surface area contributed by atoms with Gasteiger partial charge in [-0.1, -0.05) is 37.6 Å². The van der Waals surface area contributed by atoms with Crippen LogP contribution < -0.4 is 5.32 Å². The van der Waals surface area contributed by atoms with Crippen molar-refractivity contribution >= 4 is 22.4 Å². The molecule has 0 radical (unpaired) electrons. The quantitative estimate of drug-likeness (QED) is 0.881. The summed E-state index contributed by atoms with van der Waals surface area (Å²) in [6.45, 7) is 2.15. The summed E-state index contributed by atoms with van der Waals surface area (Å²) in [6, 6.07) is 8.50. The first-order valence-corrected chi connectivity index (χ1v) is 9.46. The highest BCUT2D eigenvalue weighted by Gasteiger charge is 2.43. The fraction of sp³-hybridized carbons (Fsp3) is 0.474. The number of amides is 1. The Hall–Kier alpha value is -1.68. The highest BCUT2D eigenvalue weighted by Crippen LogP contribution is 2.48. The van der Waals surface area contributed by atoms with Gasteiger partial charge in [0, 0.05) is 16.9 Å². The highest BCUT2D eigenvalue weighted by molar-refractivity contribution is 7.14. The number of benzene rings is 1. The number of aromatic nitrogens is 1. The van der Waals surface area contributed by atoms with Gasteiger partial charge in [-0.3, -0.25) is 4.79 Å². The topological polar surface area (TPSA) is 42.0 Å². The zero-order valence-electron chi connectivity index (χ0n) is 13.4. The number of nitrogens with one attached hydrogen (secondary N) is 1. The second kappa shape index (κ2) is 6.08. The lowest BCUT2D eigenvalue weighted by atomic mass is 9.88. The molecule has 120 valence electrons. The van der Waals surface area contributed by atoms with Gasteiger partial charge >= 0.3 is 0 Å². The second-order valence-corrected chi connectivity index (χ2v) is 7.72. The molecule has 2 aliphatic carbocycles. The summed E-state index contributed by atoms with van der Waals surface area (Å²) in [4.78, 5) is 17.1. The summed E-state index contributed by atoms with van der Waals surface area (Å²) in [5, 5.41) is 5.80. The zero-order valence-corrected chi connectivity index (χ0v) is 14.2. The van der Waals surface area contributed by atoms with Crippen LogP contribution in [0.3, 0.4) is 0 Å². The first kappa shape index (κ1) is 14.9. The number of rotatable bonds is 4. The molecule has 3 atom stereocenters. The molecule has 0 unspecified atom stereocenters. The molecule has 2 aliphatic rings. The van der Waals surface area contributed by atoms with E-state index in [1.165, 1.54) is 36.2 Å². The molecule has 2 aromatic rings. The van der Waals surface area contributed by atoms with Crippen molar-refractivity contribution < 1.29 is 4.79 Å². The van der Waals surface area contributed by atoms with Crippen LogP contribution in [0, 0.1) is 17.8 Å². The van der Waals surface area contributed by atoms with Gasteiger partial charge in [0.25, 0.3) is 0 Å². The van der Waals surface area contributed by atoms with Gasteiger partial charge in [-0.25, -0.2) is 4.98 Å². The summed E-state index contributed by atoms with van der Waals surface area (Å²) >= 11 is 1.52. The van der Waals surface area contributed by atoms with Crippen LogP contribution in [0.1, 0.15) is 38.2 Å². The average Bonchev–Trinajstić information content (AvgIpc) is 3.31. The Bertz CT molecular complexity index is 706. The van der Waals surface area contributed by atoms with E-state index in [0.717, 1.165) is 35.1 Å². The zero-order chi connectivity index (χ0) is 15.8. The molecule has 1 amide bonds. The number of hydrogen-bond acceptors (Lipinski definition) is 3. The van der Waals surface area contributed by atoms with Crippen molar-refractivity contribution in [1.29, 1.82) is 0 Å². The number of carbonyl (C=O) groups excluding carboxylic acids is 1. The van der Waals surface area contributed by atoms with Gasteiger partial charge in [-0.15, -0.1) is 11.3 Å². The predicted octanol–water partition coefficient (Wildman–Crippen LogP) is 4.75. The lowest BCUT2D eigenvalue weighted by molar-refractivity contribution is -0.121. The van der Waals surface area contributed by atoms with Crippen LogP contribution >= 0.6 is 11.3 Å². The van der Waals surface area contributed by atoms with Crippen LogP contribution in [-0.4, -0.2) is 10.9 Å². The van der Waals surface area contributed by atoms with Crippen molar-refractivity contribution in [2.75, 3.05) is 5.32 Å². The maximum absolute atomic E-state index is 12.5. The third-order valence-corrected chi connectivity index (χ3v) is 6.22. The molecule has 1 heterocycles. The monoisotopic (exact) mass is 326 g/mol. The van der Waals surface area contributed by atoms with Gasteiger partial charge in [0.2, 0.25) is 5.91 Å². The number of fused-ring (bicyclic) bond motifs is 2. The van der Waals surface area contributed by atoms with Gasteiger partial charge in [-0.2, -0.15) is 0 Å². The molecule has 1 aromatic carbocycles. The smallest absolute Gasteiger partial charge is 0.229 e. The number of hydrogen-bond donors (Lipinski definition) is 1. The number of nitrogens with zero attached hydrogens (tertiary/aromatic N) is 1. The maximum Gasteiger partial charge on any atom is 0.229 e. The molecule has 0 aliphatic heterocycles. The lowest BCUT2D eigenvalue weighted by Crippen LogP contribution is -2.27.